The van der Waals surface area contributed by atoms with E-state index in [9.17, 15) is 13.2 Å². The molecule has 184 valence electrons. The molecule has 0 amide bonds. The second-order valence-corrected chi connectivity index (χ2v) is 10.00. The van der Waals surface area contributed by atoms with Gasteiger partial charge in [0.15, 0.2) is 11.0 Å². The third-order valence-corrected chi connectivity index (χ3v) is 7.99. The Labute approximate surface area is 213 Å². The molecule has 8 aromatic rings. The summed E-state index contributed by atoms with van der Waals surface area (Å²) in [5, 5.41) is 6.72. The first-order chi connectivity index (χ1) is 18.3. The molecule has 6 heteroatoms. The number of benzene rings is 5. The predicted molar refractivity (Wildman–Crippen MR) is 146 cm³/mol. The maximum Gasteiger partial charge on any atom is 0.416 e. The molecule has 0 aliphatic rings. The molecule has 0 saturated carbocycles. The second kappa shape index (κ2) is 7.04. The van der Waals surface area contributed by atoms with Gasteiger partial charge >= 0.3 is 6.18 Å². The highest BCUT2D eigenvalue weighted by molar-refractivity contribution is 6.22. The highest BCUT2D eigenvalue weighted by Gasteiger charge is 2.32. The summed E-state index contributed by atoms with van der Waals surface area (Å²) in [6.07, 6.45) is -4.40. The van der Waals surface area contributed by atoms with Crippen molar-refractivity contribution in [1.29, 1.82) is 0 Å². The third kappa shape index (κ3) is 2.62. The highest BCUT2D eigenvalue weighted by atomic mass is 19.4. The van der Waals surface area contributed by atoms with Crippen molar-refractivity contribution in [3.63, 3.8) is 0 Å². The van der Waals surface area contributed by atoms with Gasteiger partial charge in [0.2, 0.25) is 0 Å². The maximum absolute atomic E-state index is 13.5. The maximum atomic E-state index is 13.5. The normalized spacial score (nSPS) is 12.9. The van der Waals surface area contributed by atoms with E-state index < -0.39 is 11.7 Å². The molecule has 0 unspecified atom stereocenters. The Morgan fingerprint density at radius 1 is 0.737 bits per heavy atom. The lowest BCUT2D eigenvalue weighted by Gasteiger charge is -2.09. The molecule has 8 rings (SSSR count). The number of furan rings is 1. The Hall–Kier alpha value is -4.58. The number of rotatable bonds is 0. The Morgan fingerprint density at radius 3 is 2.32 bits per heavy atom. The molecule has 0 spiro atoms. The first-order valence-corrected chi connectivity index (χ1v) is 12.4. The number of pyridine rings is 1. The number of fused-ring (bicyclic) bond motifs is 13. The van der Waals surface area contributed by atoms with E-state index in [2.05, 4.69) is 40.2 Å². The zero-order valence-corrected chi connectivity index (χ0v) is 20.5. The van der Waals surface area contributed by atoms with Crippen molar-refractivity contribution in [1.82, 2.24) is 4.40 Å². The molecule has 0 N–H and O–H groups in total. The number of halogens is 3. The number of nitrogens with zero attached hydrogens (tertiary/aromatic N) is 2. The van der Waals surface area contributed by atoms with Crippen molar-refractivity contribution in [2.75, 3.05) is 0 Å². The quantitative estimate of drug-likeness (QED) is 0.149. The lowest BCUT2D eigenvalue weighted by molar-refractivity contribution is -0.617. The summed E-state index contributed by atoms with van der Waals surface area (Å²) in [4.78, 5) is 0. The number of imidazole rings is 1. The van der Waals surface area contributed by atoms with E-state index in [1.54, 1.807) is 12.1 Å². The van der Waals surface area contributed by atoms with Gasteiger partial charge in [-0.25, -0.2) is 4.57 Å². The molecular weight excluding hydrogens is 485 g/mol. The van der Waals surface area contributed by atoms with Gasteiger partial charge in [-0.1, -0.05) is 36.4 Å². The molecule has 38 heavy (non-hydrogen) atoms. The van der Waals surface area contributed by atoms with Crippen molar-refractivity contribution < 1.29 is 22.2 Å². The molecule has 0 aliphatic carbocycles. The van der Waals surface area contributed by atoms with Gasteiger partial charge < -0.3 is 4.42 Å². The van der Waals surface area contributed by atoms with Crippen molar-refractivity contribution in [2.24, 2.45) is 7.05 Å². The minimum atomic E-state index is -4.40. The average molecular weight is 506 g/mol. The molecular formula is C32H20F3N2O+. The van der Waals surface area contributed by atoms with Gasteiger partial charge in [0.05, 0.1) is 18.0 Å². The summed E-state index contributed by atoms with van der Waals surface area (Å²) in [6.45, 7) is 2.13. The summed E-state index contributed by atoms with van der Waals surface area (Å²) >= 11 is 0. The molecule has 0 radical (unpaired) electrons. The van der Waals surface area contributed by atoms with Crippen LogP contribution in [0.25, 0.3) is 71.1 Å². The minimum absolute atomic E-state index is 0.560. The smallest absolute Gasteiger partial charge is 0.416 e. The molecule has 0 bridgehead atoms. The number of hydrogen-bond donors (Lipinski definition) is 0. The van der Waals surface area contributed by atoms with Crippen molar-refractivity contribution in [2.45, 2.75) is 13.1 Å². The van der Waals surface area contributed by atoms with Gasteiger partial charge in [-0.05, 0) is 66.4 Å². The van der Waals surface area contributed by atoms with Gasteiger partial charge in [0, 0.05) is 26.9 Å². The summed E-state index contributed by atoms with van der Waals surface area (Å²) in [5.74, 6) is 0. The fourth-order valence-electron chi connectivity index (χ4n) is 6.35. The van der Waals surface area contributed by atoms with Crippen LogP contribution in [0.2, 0.25) is 0 Å². The standard InChI is InChI=1S/C32H20F3N2O/c1-17-28-22-8-4-6-10-26(22)38-27(28)16-23-21-7-3-5-9-24(21)37-30-20-13-12-19(32(33,34)35)15-18(20)11-14-25(30)36(2)31(37)29(17)23/h3-16H,1-2H3/q+1. The van der Waals surface area contributed by atoms with E-state index in [1.807, 2.05) is 43.4 Å². The van der Waals surface area contributed by atoms with Gasteiger partial charge in [-0.15, -0.1) is 0 Å². The first-order valence-electron chi connectivity index (χ1n) is 12.4. The van der Waals surface area contributed by atoms with Crippen LogP contribution in [-0.2, 0) is 13.2 Å². The van der Waals surface area contributed by atoms with Gasteiger partial charge in [0.25, 0.3) is 5.65 Å². The molecule has 3 heterocycles. The van der Waals surface area contributed by atoms with Crippen LogP contribution >= 0.6 is 0 Å². The number of alkyl halides is 3. The second-order valence-electron chi connectivity index (χ2n) is 10.00. The number of aryl methyl sites for hydroxylation is 2. The number of hydrogen-bond acceptors (Lipinski definition) is 1. The zero-order valence-electron chi connectivity index (χ0n) is 20.5. The van der Waals surface area contributed by atoms with Crippen LogP contribution in [0.4, 0.5) is 13.2 Å². The number of para-hydroxylation sites is 2. The molecule has 0 aliphatic heterocycles. The van der Waals surface area contributed by atoms with E-state index in [0.29, 0.717) is 5.39 Å². The molecule has 0 saturated heterocycles. The van der Waals surface area contributed by atoms with E-state index >= 15 is 0 Å². The summed E-state index contributed by atoms with van der Waals surface area (Å²) in [5.41, 5.74) is 5.98. The van der Waals surface area contributed by atoms with Crippen LogP contribution in [0.3, 0.4) is 0 Å². The number of aromatic nitrogens is 2. The Bertz CT molecular complexity index is 2300. The lowest BCUT2D eigenvalue weighted by Crippen LogP contribution is -2.27. The Kier molecular flexibility index (Phi) is 3.98. The Balaban J connectivity index is 1.67. The lowest BCUT2D eigenvalue weighted by atomic mass is 9.97. The predicted octanol–water partition coefficient (Wildman–Crippen LogP) is 8.60. The molecule has 3 aromatic heterocycles. The van der Waals surface area contributed by atoms with Gasteiger partial charge in [-0.3, -0.25) is 0 Å². The van der Waals surface area contributed by atoms with Crippen LogP contribution < -0.4 is 4.57 Å². The van der Waals surface area contributed by atoms with Crippen LogP contribution in [0.15, 0.2) is 89.3 Å². The van der Waals surface area contributed by atoms with Crippen molar-refractivity contribution in [3.8, 4) is 0 Å². The summed E-state index contributed by atoms with van der Waals surface area (Å²) in [7, 11) is 2.03. The SMILES string of the molecule is Cc1c2c(cc3c4ccccc4n4c5c6ccc(C(F)(F)F)cc6ccc5[n+](C)c4c13)oc1ccccc12. The van der Waals surface area contributed by atoms with Crippen LogP contribution in [0.5, 0.6) is 0 Å². The molecule has 0 atom stereocenters. The van der Waals surface area contributed by atoms with E-state index in [-0.39, 0.29) is 0 Å². The average Bonchev–Trinajstić information content (AvgIpc) is 3.43. The van der Waals surface area contributed by atoms with Crippen molar-refractivity contribution >= 4 is 71.1 Å². The topological polar surface area (TPSA) is 21.4 Å². The fraction of sp³-hybridized carbons (Fsp3) is 0.0938. The monoisotopic (exact) mass is 505 g/mol. The van der Waals surface area contributed by atoms with E-state index in [0.717, 1.165) is 71.2 Å². The van der Waals surface area contributed by atoms with E-state index in [4.69, 9.17) is 4.42 Å². The van der Waals surface area contributed by atoms with Crippen LogP contribution in [-0.4, -0.2) is 4.40 Å². The summed E-state index contributed by atoms with van der Waals surface area (Å²) in [6, 6.07) is 26.1. The molecule has 0 fully saturated rings. The van der Waals surface area contributed by atoms with Crippen LogP contribution in [0.1, 0.15) is 11.1 Å². The van der Waals surface area contributed by atoms with Gasteiger partial charge in [-0.2, -0.15) is 17.6 Å². The van der Waals surface area contributed by atoms with Crippen LogP contribution in [0, 0.1) is 6.92 Å². The summed E-state index contributed by atoms with van der Waals surface area (Å²) < 4.78 is 51.2. The molecule has 5 aromatic carbocycles. The largest absolute Gasteiger partial charge is 0.456 e. The zero-order chi connectivity index (χ0) is 25.9. The highest BCUT2D eigenvalue weighted by Crippen LogP contribution is 2.41. The van der Waals surface area contributed by atoms with Gasteiger partial charge in [0.1, 0.15) is 16.7 Å². The van der Waals surface area contributed by atoms with E-state index in [1.165, 1.54) is 12.1 Å². The molecule has 3 nitrogen and oxygen atoms in total. The third-order valence-electron chi connectivity index (χ3n) is 7.99. The first kappa shape index (κ1) is 21.5. The fourth-order valence-corrected chi connectivity index (χ4v) is 6.35. The van der Waals surface area contributed by atoms with Crippen molar-refractivity contribution in [3.05, 3.63) is 96.1 Å². The minimum Gasteiger partial charge on any atom is -0.456 e. The Morgan fingerprint density at radius 2 is 1.50 bits per heavy atom.